The van der Waals surface area contributed by atoms with Gasteiger partial charge in [-0.3, -0.25) is 0 Å². The van der Waals surface area contributed by atoms with E-state index in [0.29, 0.717) is 18.9 Å². The van der Waals surface area contributed by atoms with Gasteiger partial charge in [-0.1, -0.05) is 31.8 Å². The lowest BCUT2D eigenvalue weighted by molar-refractivity contribution is 0.0526. The number of benzene rings is 1. The number of nitrogens with zero attached hydrogens (tertiary/aromatic N) is 2. The number of carbonyl (C=O) groups is 1. The lowest BCUT2D eigenvalue weighted by atomic mass is 10.0. The third kappa shape index (κ3) is 6.33. The van der Waals surface area contributed by atoms with Crippen LogP contribution in [0.1, 0.15) is 34.0 Å². The van der Waals surface area contributed by atoms with Crippen LogP contribution in [0, 0.1) is 6.92 Å². The molecule has 2 heterocycles. The van der Waals surface area contributed by atoms with Gasteiger partial charge in [0.05, 0.1) is 24.7 Å². The van der Waals surface area contributed by atoms with E-state index in [1.54, 1.807) is 26.3 Å². The second-order valence-corrected chi connectivity index (χ2v) is 14.9. The van der Waals surface area contributed by atoms with Crippen LogP contribution in [0.25, 0.3) is 23.2 Å². The predicted molar refractivity (Wildman–Crippen MR) is 136 cm³/mol. The molecule has 3 rings (SSSR count). The predicted octanol–water partition coefficient (Wildman–Crippen LogP) is 6.01. The quantitative estimate of drug-likeness (QED) is 0.208. The standard InChI is InChI=1S/C26H34N2O4Si/c1-7-32-26(29)21-9-8-19(2)20(16-21)10-11-22-17-27-25-23(24(22)30-3)12-13-28(25)18-31-14-15-33(4,5)6/h8-13,16-17H,7,14-15,18H2,1-6H3/b11-10+. The van der Waals surface area contributed by atoms with Crippen LogP contribution in [0.2, 0.25) is 25.7 Å². The highest BCUT2D eigenvalue weighted by atomic mass is 28.3. The molecule has 33 heavy (non-hydrogen) atoms. The maximum Gasteiger partial charge on any atom is 0.338 e. The van der Waals surface area contributed by atoms with E-state index < -0.39 is 8.07 Å². The number of esters is 1. The van der Waals surface area contributed by atoms with Crippen molar-refractivity contribution in [1.82, 2.24) is 9.55 Å². The second-order valence-electron chi connectivity index (χ2n) is 9.24. The van der Waals surface area contributed by atoms with E-state index in [0.717, 1.165) is 46.1 Å². The number of hydrogen-bond donors (Lipinski definition) is 0. The number of aromatic nitrogens is 2. The first-order valence-electron chi connectivity index (χ1n) is 11.3. The average Bonchev–Trinajstić information content (AvgIpc) is 3.18. The fourth-order valence-corrected chi connectivity index (χ4v) is 4.22. The van der Waals surface area contributed by atoms with Crippen molar-refractivity contribution in [3.63, 3.8) is 0 Å². The van der Waals surface area contributed by atoms with Gasteiger partial charge < -0.3 is 18.8 Å². The van der Waals surface area contributed by atoms with Gasteiger partial charge in [0.15, 0.2) is 0 Å². The highest BCUT2D eigenvalue weighted by Gasteiger charge is 2.14. The zero-order chi connectivity index (χ0) is 24.0. The topological polar surface area (TPSA) is 62.6 Å². The van der Waals surface area contributed by atoms with Crippen LogP contribution in [0.3, 0.4) is 0 Å². The van der Waals surface area contributed by atoms with Crippen molar-refractivity contribution < 1.29 is 19.0 Å². The van der Waals surface area contributed by atoms with Crippen molar-refractivity contribution in [3.8, 4) is 5.75 Å². The van der Waals surface area contributed by atoms with E-state index in [2.05, 4.69) is 24.6 Å². The summed E-state index contributed by atoms with van der Waals surface area (Å²) in [6.07, 6.45) is 7.72. The molecular formula is C26H34N2O4Si. The lowest BCUT2D eigenvalue weighted by Crippen LogP contribution is -2.22. The monoisotopic (exact) mass is 466 g/mol. The van der Waals surface area contributed by atoms with Gasteiger partial charge >= 0.3 is 5.97 Å². The molecule has 3 aromatic rings. The smallest absolute Gasteiger partial charge is 0.338 e. The summed E-state index contributed by atoms with van der Waals surface area (Å²) in [6, 6.07) is 8.69. The van der Waals surface area contributed by atoms with Crippen molar-refractivity contribution in [1.29, 1.82) is 0 Å². The molecule has 0 atom stereocenters. The van der Waals surface area contributed by atoms with Crippen LogP contribution in [-0.2, 0) is 16.2 Å². The number of ether oxygens (including phenoxy) is 3. The summed E-state index contributed by atoms with van der Waals surface area (Å²) < 4.78 is 18.8. The maximum absolute atomic E-state index is 12.1. The Morgan fingerprint density at radius 3 is 2.61 bits per heavy atom. The minimum atomic E-state index is -1.11. The number of pyridine rings is 1. The number of hydrogen-bond acceptors (Lipinski definition) is 5. The average molecular weight is 467 g/mol. The van der Waals surface area contributed by atoms with Gasteiger partial charge in [-0.05, 0) is 55.3 Å². The molecule has 0 radical (unpaired) electrons. The van der Waals surface area contributed by atoms with Crippen molar-refractivity contribution in [2.45, 2.75) is 46.3 Å². The molecule has 0 unspecified atom stereocenters. The van der Waals surface area contributed by atoms with Gasteiger partial charge in [-0.15, -0.1) is 0 Å². The number of aryl methyl sites for hydroxylation is 1. The fraction of sp³-hybridized carbons (Fsp3) is 0.385. The molecule has 0 N–H and O–H groups in total. The van der Waals surface area contributed by atoms with Crippen molar-refractivity contribution >= 4 is 37.2 Å². The summed E-state index contributed by atoms with van der Waals surface area (Å²) in [5.41, 5.74) is 4.24. The van der Waals surface area contributed by atoms with Gasteiger partial charge in [0.2, 0.25) is 0 Å². The first-order chi connectivity index (χ1) is 15.7. The summed E-state index contributed by atoms with van der Waals surface area (Å²) >= 11 is 0. The Kier molecular flexibility index (Phi) is 8.10. The SMILES string of the molecule is CCOC(=O)c1ccc(C)c(/C=C/c2cnc3c(ccn3COCC[Si](C)(C)C)c2OC)c1. The summed E-state index contributed by atoms with van der Waals surface area (Å²) in [4.78, 5) is 16.8. The molecule has 0 aliphatic rings. The van der Waals surface area contributed by atoms with Gasteiger partial charge in [0, 0.05) is 32.6 Å². The molecule has 0 aliphatic carbocycles. The van der Waals surface area contributed by atoms with Crippen LogP contribution in [0.15, 0.2) is 36.7 Å². The van der Waals surface area contributed by atoms with Crippen molar-refractivity contribution in [3.05, 3.63) is 58.9 Å². The van der Waals surface area contributed by atoms with Crippen molar-refractivity contribution in [2.24, 2.45) is 0 Å². The zero-order valence-electron chi connectivity index (χ0n) is 20.5. The highest BCUT2D eigenvalue weighted by molar-refractivity contribution is 6.76. The molecular weight excluding hydrogens is 432 g/mol. The van der Waals surface area contributed by atoms with E-state index in [9.17, 15) is 4.79 Å². The van der Waals surface area contributed by atoms with Crippen LogP contribution in [0.4, 0.5) is 0 Å². The normalized spacial score (nSPS) is 11.9. The van der Waals surface area contributed by atoms with Gasteiger partial charge in [0.25, 0.3) is 0 Å². The summed E-state index contributed by atoms with van der Waals surface area (Å²) in [5.74, 6) is 0.442. The van der Waals surface area contributed by atoms with Crippen molar-refractivity contribution in [2.75, 3.05) is 20.3 Å². The maximum atomic E-state index is 12.1. The minimum Gasteiger partial charge on any atom is -0.495 e. The molecule has 0 spiro atoms. The van der Waals surface area contributed by atoms with Crippen LogP contribution in [0.5, 0.6) is 5.75 Å². The molecule has 0 amide bonds. The van der Waals surface area contributed by atoms with Crippen LogP contribution < -0.4 is 4.74 Å². The Bertz CT molecular complexity index is 1150. The Morgan fingerprint density at radius 2 is 1.91 bits per heavy atom. The Morgan fingerprint density at radius 1 is 1.15 bits per heavy atom. The summed E-state index contributed by atoms with van der Waals surface area (Å²) in [5, 5.41) is 0.936. The molecule has 0 bridgehead atoms. The van der Waals surface area contributed by atoms with E-state index in [4.69, 9.17) is 14.2 Å². The molecule has 0 aliphatic heterocycles. The van der Waals surface area contributed by atoms with E-state index >= 15 is 0 Å². The second kappa shape index (κ2) is 10.8. The van der Waals surface area contributed by atoms with Gasteiger partial charge in [-0.2, -0.15) is 0 Å². The molecule has 176 valence electrons. The minimum absolute atomic E-state index is 0.318. The van der Waals surface area contributed by atoms with Crippen LogP contribution in [-0.4, -0.2) is 43.9 Å². The molecule has 2 aromatic heterocycles. The van der Waals surface area contributed by atoms with E-state index in [-0.39, 0.29) is 5.97 Å². The summed E-state index contributed by atoms with van der Waals surface area (Å²) in [6.45, 7) is 12.4. The molecule has 6 nitrogen and oxygen atoms in total. The summed E-state index contributed by atoms with van der Waals surface area (Å²) in [7, 11) is 0.553. The molecule has 0 fully saturated rings. The number of rotatable bonds is 10. The first kappa shape index (κ1) is 24.7. The molecule has 7 heteroatoms. The zero-order valence-corrected chi connectivity index (χ0v) is 21.5. The number of carbonyl (C=O) groups excluding carboxylic acids is 1. The molecule has 0 saturated carbocycles. The molecule has 1 aromatic carbocycles. The van der Waals surface area contributed by atoms with E-state index in [1.165, 1.54) is 0 Å². The largest absolute Gasteiger partial charge is 0.495 e. The number of fused-ring (bicyclic) bond motifs is 1. The fourth-order valence-electron chi connectivity index (χ4n) is 3.46. The van der Waals surface area contributed by atoms with Gasteiger partial charge in [-0.25, -0.2) is 9.78 Å². The lowest BCUT2D eigenvalue weighted by Gasteiger charge is -2.15. The molecule has 0 saturated heterocycles. The number of methoxy groups -OCH3 is 1. The highest BCUT2D eigenvalue weighted by Crippen LogP contribution is 2.30. The van der Waals surface area contributed by atoms with Crippen LogP contribution >= 0.6 is 0 Å². The van der Waals surface area contributed by atoms with Gasteiger partial charge in [0.1, 0.15) is 18.1 Å². The first-order valence-corrected chi connectivity index (χ1v) is 15.0. The van der Waals surface area contributed by atoms with E-state index in [1.807, 2.05) is 48.0 Å². The Hall–Kier alpha value is -2.90. The third-order valence-electron chi connectivity index (χ3n) is 5.43. The Balaban J connectivity index is 1.82. The Labute approximate surface area is 197 Å². The third-order valence-corrected chi connectivity index (χ3v) is 7.13.